The lowest BCUT2D eigenvalue weighted by molar-refractivity contribution is 0.264. The molecule has 0 radical (unpaired) electrons. The first kappa shape index (κ1) is 17.4. The Labute approximate surface area is 133 Å². The number of aliphatic hydroxyl groups excluding tert-OH is 1. The summed E-state index contributed by atoms with van der Waals surface area (Å²) in [6, 6.07) is 8.17. The molecule has 1 aromatic rings. The van der Waals surface area contributed by atoms with E-state index in [1.165, 1.54) is 11.8 Å². The molecule has 0 aromatic heterocycles. The highest BCUT2D eigenvalue weighted by Crippen LogP contribution is 2.20. The van der Waals surface area contributed by atoms with Gasteiger partial charge in [-0.2, -0.15) is 0 Å². The highest BCUT2D eigenvalue weighted by molar-refractivity contribution is 7.88. The van der Waals surface area contributed by atoms with E-state index in [1.807, 2.05) is 18.2 Å². The minimum Gasteiger partial charge on any atom is -0.392 e. The molecule has 1 aliphatic rings. The molecule has 22 heavy (non-hydrogen) atoms. The number of nitrogens with one attached hydrogen (secondary N) is 1. The predicted octanol–water partition coefficient (Wildman–Crippen LogP) is 1.50. The third-order valence-electron chi connectivity index (χ3n) is 4.39. The molecule has 2 N–H and O–H groups in total. The number of sulfonamides is 1. The predicted molar refractivity (Wildman–Crippen MR) is 87.9 cm³/mol. The Morgan fingerprint density at radius 1 is 1.36 bits per heavy atom. The fourth-order valence-electron chi connectivity index (χ4n) is 2.87. The molecule has 5 nitrogen and oxygen atoms in total. The Balaban J connectivity index is 1.81. The van der Waals surface area contributed by atoms with Crippen molar-refractivity contribution in [3.05, 3.63) is 35.4 Å². The van der Waals surface area contributed by atoms with Gasteiger partial charge >= 0.3 is 0 Å². The fourth-order valence-corrected chi connectivity index (χ4v) is 3.74. The van der Waals surface area contributed by atoms with Crippen LogP contribution in [-0.2, 0) is 16.6 Å². The second kappa shape index (κ2) is 7.55. The summed E-state index contributed by atoms with van der Waals surface area (Å²) >= 11 is 0. The molecule has 0 aliphatic carbocycles. The van der Waals surface area contributed by atoms with Gasteiger partial charge in [-0.3, -0.25) is 0 Å². The number of benzene rings is 1. The molecule has 2 rings (SSSR count). The maximum Gasteiger partial charge on any atom is 0.211 e. The second-order valence-electron chi connectivity index (χ2n) is 6.14. The first-order valence-corrected chi connectivity index (χ1v) is 9.63. The zero-order valence-corrected chi connectivity index (χ0v) is 14.1. The van der Waals surface area contributed by atoms with Crippen LogP contribution < -0.4 is 5.32 Å². The van der Waals surface area contributed by atoms with Crippen molar-refractivity contribution in [1.29, 1.82) is 0 Å². The fraction of sp³-hybridized carbons (Fsp3) is 0.625. The Bertz CT molecular complexity index is 581. The molecule has 0 bridgehead atoms. The van der Waals surface area contributed by atoms with Gasteiger partial charge < -0.3 is 10.4 Å². The smallest absolute Gasteiger partial charge is 0.211 e. The maximum absolute atomic E-state index is 11.5. The first-order chi connectivity index (χ1) is 10.4. The number of nitrogens with zero attached hydrogens (tertiary/aromatic N) is 1. The van der Waals surface area contributed by atoms with Crippen LogP contribution in [0.2, 0.25) is 0 Å². The van der Waals surface area contributed by atoms with E-state index in [0.29, 0.717) is 19.0 Å². The van der Waals surface area contributed by atoms with Gasteiger partial charge in [-0.25, -0.2) is 12.7 Å². The van der Waals surface area contributed by atoms with Gasteiger partial charge in [-0.15, -0.1) is 0 Å². The lowest BCUT2D eigenvalue weighted by Crippen LogP contribution is -2.40. The van der Waals surface area contributed by atoms with Gasteiger partial charge in [-0.1, -0.05) is 24.3 Å². The molecule has 0 spiro atoms. The number of rotatable bonds is 6. The highest BCUT2D eigenvalue weighted by Gasteiger charge is 2.24. The van der Waals surface area contributed by atoms with Gasteiger partial charge in [0, 0.05) is 19.1 Å². The van der Waals surface area contributed by atoms with Crippen LogP contribution in [0.25, 0.3) is 0 Å². The van der Waals surface area contributed by atoms with Gasteiger partial charge in [0.15, 0.2) is 0 Å². The van der Waals surface area contributed by atoms with Gasteiger partial charge in [-0.05, 0) is 43.4 Å². The molecule has 1 aliphatic heterocycles. The van der Waals surface area contributed by atoms with Crippen LogP contribution in [0, 0.1) is 5.92 Å². The van der Waals surface area contributed by atoms with Gasteiger partial charge in [0.1, 0.15) is 0 Å². The molecule has 0 amide bonds. The Kier molecular flexibility index (Phi) is 5.97. The standard InChI is InChI=1S/C16H26N2O3S/c1-13(16-5-3-4-15(10-16)12-19)17-11-14-6-8-18(9-7-14)22(2,20)21/h3-5,10,13-14,17,19H,6-9,11-12H2,1-2H3. The summed E-state index contributed by atoms with van der Waals surface area (Å²) in [5.74, 6) is 0.515. The van der Waals surface area contributed by atoms with Crippen LogP contribution in [0.15, 0.2) is 24.3 Å². The molecule has 1 saturated heterocycles. The van der Waals surface area contributed by atoms with Crippen LogP contribution in [0.1, 0.15) is 36.9 Å². The van der Waals surface area contributed by atoms with E-state index < -0.39 is 10.0 Å². The monoisotopic (exact) mass is 326 g/mol. The molecule has 1 atom stereocenters. The van der Waals surface area contributed by atoms with E-state index >= 15 is 0 Å². The SMILES string of the molecule is CC(NCC1CCN(S(C)(=O)=O)CC1)c1cccc(CO)c1. The van der Waals surface area contributed by atoms with Crippen molar-refractivity contribution in [3.8, 4) is 0 Å². The van der Waals surface area contributed by atoms with E-state index in [2.05, 4.69) is 18.3 Å². The molecule has 1 heterocycles. The summed E-state index contributed by atoms with van der Waals surface area (Å²) < 4.78 is 24.6. The van der Waals surface area contributed by atoms with Crippen molar-refractivity contribution in [3.63, 3.8) is 0 Å². The van der Waals surface area contributed by atoms with Crippen LogP contribution in [0.4, 0.5) is 0 Å². The van der Waals surface area contributed by atoms with Crippen molar-refractivity contribution in [2.75, 3.05) is 25.9 Å². The first-order valence-electron chi connectivity index (χ1n) is 7.78. The van der Waals surface area contributed by atoms with E-state index in [4.69, 9.17) is 0 Å². The summed E-state index contributed by atoms with van der Waals surface area (Å²) in [5.41, 5.74) is 2.09. The number of aliphatic hydroxyl groups is 1. The van der Waals surface area contributed by atoms with Gasteiger partial charge in [0.05, 0.1) is 12.9 Å². The molecule has 1 aromatic carbocycles. The average Bonchev–Trinajstić information content (AvgIpc) is 2.52. The van der Waals surface area contributed by atoms with E-state index in [0.717, 1.165) is 24.9 Å². The summed E-state index contributed by atoms with van der Waals surface area (Å²) in [7, 11) is -3.04. The summed E-state index contributed by atoms with van der Waals surface area (Å²) in [5, 5.41) is 12.7. The molecule has 1 unspecified atom stereocenters. The Morgan fingerprint density at radius 3 is 2.64 bits per heavy atom. The van der Waals surface area contributed by atoms with Crippen molar-refractivity contribution < 1.29 is 13.5 Å². The van der Waals surface area contributed by atoms with Crippen molar-refractivity contribution >= 4 is 10.0 Å². The summed E-state index contributed by atoms with van der Waals surface area (Å²) in [4.78, 5) is 0. The van der Waals surface area contributed by atoms with Crippen LogP contribution in [0.3, 0.4) is 0 Å². The third kappa shape index (κ3) is 4.78. The molecule has 6 heteroatoms. The lowest BCUT2D eigenvalue weighted by atomic mass is 9.97. The molecule has 124 valence electrons. The normalized spacial score (nSPS) is 19.2. The van der Waals surface area contributed by atoms with Crippen molar-refractivity contribution in [2.24, 2.45) is 5.92 Å². The summed E-state index contributed by atoms with van der Waals surface area (Å²) in [6.45, 7) is 4.31. The Morgan fingerprint density at radius 2 is 2.05 bits per heavy atom. The minimum atomic E-state index is -3.04. The highest BCUT2D eigenvalue weighted by atomic mass is 32.2. The minimum absolute atomic E-state index is 0.0600. The largest absolute Gasteiger partial charge is 0.392 e. The average molecular weight is 326 g/mol. The number of piperidine rings is 1. The molecule has 1 fully saturated rings. The van der Waals surface area contributed by atoms with Crippen molar-refractivity contribution in [1.82, 2.24) is 9.62 Å². The number of hydrogen-bond acceptors (Lipinski definition) is 4. The van der Waals surface area contributed by atoms with E-state index in [1.54, 1.807) is 4.31 Å². The maximum atomic E-state index is 11.5. The van der Waals surface area contributed by atoms with Crippen LogP contribution in [0.5, 0.6) is 0 Å². The second-order valence-corrected chi connectivity index (χ2v) is 8.12. The van der Waals surface area contributed by atoms with Crippen molar-refractivity contribution in [2.45, 2.75) is 32.4 Å². The topological polar surface area (TPSA) is 69.6 Å². The third-order valence-corrected chi connectivity index (χ3v) is 5.69. The quantitative estimate of drug-likeness (QED) is 0.831. The van der Waals surface area contributed by atoms with Crippen LogP contribution >= 0.6 is 0 Å². The van der Waals surface area contributed by atoms with E-state index in [9.17, 15) is 13.5 Å². The van der Waals surface area contributed by atoms with Crippen LogP contribution in [-0.4, -0.2) is 43.7 Å². The summed E-state index contributed by atoms with van der Waals surface area (Å²) in [6.07, 6.45) is 3.09. The zero-order chi connectivity index (χ0) is 16.2. The van der Waals surface area contributed by atoms with Gasteiger partial charge in [0.25, 0.3) is 0 Å². The zero-order valence-electron chi connectivity index (χ0n) is 13.3. The molecular weight excluding hydrogens is 300 g/mol. The van der Waals surface area contributed by atoms with Gasteiger partial charge in [0.2, 0.25) is 10.0 Å². The molecular formula is C16H26N2O3S. The number of hydrogen-bond donors (Lipinski definition) is 2. The lowest BCUT2D eigenvalue weighted by Gasteiger charge is -2.31. The molecule has 0 saturated carbocycles. The van der Waals surface area contributed by atoms with E-state index in [-0.39, 0.29) is 12.6 Å². The Hall–Kier alpha value is -0.950.